The normalized spacial score (nSPS) is 25.3. The summed E-state index contributed by atoms with van der Waals surface area (Å²) in [5.74, 6) is -2.69. The summed E-state index contributed by atoms with van der Waals surface area (Å²) in [6.45, 7) is 6.17. The number of ether oxygens (including phenoxy) is 2. The molecule has 4 aliphatic heterocycles. The quantitative estimate of drug-likeness (QED) is 0.233. The Kier molecular flexibility index (Phi) is 7.44. The zero-order valence-electron chi connectivity index (χ0n) is 26.3. The monoisotopic (exact) mass is 677 g/mol. The van der Waals surface area contributed by atoms with E-state index >= 15 is 8.78 Å². The van der Waals surface area contributed by atoms with Gasteiger partial charge in [0.15, 0.2) is 17.4 Å². The van der Waals surface area contributed by atoms with Crippen LogP contribution in [0.5, 0.6) is 11.8 Å². The van der Waals surface area contributed by atoms with Crippen LogP contribution in [0.2, 0.25) is 0 Å². The van der Waals surface area contributed by atoms with Crippen molar-refractivity contribution in [3.63, 3.8) is 0 Å². The van der Waals surface area contributed by atoms with Gasteiger partial charge in [-0.05, 0) is 43.7 Å². The molecule has 0 amide bonds. The number of piperazine rings is 1. The highest BCUT2D eigenvalue weighted by molar-refractivity contribution is 7.23. The molecule has 2 bridgehead atoms. The summed E-state index contributed by atoms with van der Waals surface area (Å²) < 4.78 is 60.7. The van der Waals surface area contributed by atoms with Gasteiger partial charge in [-0.2, -0.15) is 15.2 Å². The summed E-state index contributed by atoms with van der Waals surface area (Å²) in [5.41, 5.74) is 5.82. The molecule has 4 fully saturated rings. The van der Waals surface area contributed by atoms with Crippen LogP contribution in [-0.4, -0.2) is 83.6 Å². The molecule has 250 valence electrons. The molecule has 0 radical (unpaired) electrons. The first kappa shape index (κ1) is 31.1. The molecule has 14 heteroatoms. The van der Waals surface area contributed by atoms with Crippen LogP contribution < -0.4 is 25.4 Å². The molecule has 4 atom stereocenters. The van der Waals surface area contributed by atoms with Crippen molar-refractivity contribution in [2.75, 3.05) is 50.6 Å². The lowest BCUT2D eigenvalue weighted by molar-refractivity contribution is 0.0645. The lowest BCUT2D eigenvalue weighted by Gasteiger charge is -2.35. The van der Waals surface area contributed by atoms with Gasteiger partial charge < -0.3 is 30.5 Å². The molecule has 6 heterocycles. The van der Waals surface area contributed by atoms with Gasteiger partial charge in [0.05, 0.1) is 40.5 Å². The average Bonchev–Trinajstić information content (AvgIpc) is 3.80. The molecule has 48 heavy (non-hydrogen) atoms. The Bertz CT molecular complexity index is 2040. The van der Waals surface area contributed by atoms with E-state index < -0.39 is 28.6 Å². The van der Waals surface area contributed by atoms with Gasteiger partial charge >= 0.3 is 6.01 Å². The lowest BCUT2D eigenvalue weighted by Crippen LogP contribution is -2.51. The number of nitrogens with one attached hydrogen (secondary N) is 1. The van der Waals surface area contributed by atoms with Gasteiger partial charge in [-0.15, -0.1) is 11.3 Å². The van der Waals surface area contributed by atoms with Crippen molar-refractivity contribution in [1.29, 1.82) is 5.26 Å². The first-order valence-corrected chi connectivity index (χ1v) is 16.8. The van der Waals surface area contributed by atoms with Crippen molar-refractivity contribution in [1.82, 2.24) is 20.2 Å². The van der Waals surface area contributed by atoms with Crippen LogP contribution >= 0.6 is 11.3 Å². The number of thiophene rings is 1. The fourth-order valence-corrected chi connectivity index (χ4v) is 9.35. The number of nitrogens with zero attached hydrogens (tertiary/aromatic N) is 5. The fourth-order valence-electron chi connectivity index (χ4n) is 8.40. The number of aliphatic hydroxyl groups excluding tert-OH is 1. The number of hydrogen-bond donors (Lipinski definition) is 3. The van der Waals surface area contributed by atoms with E-state index in [0.717, 1.165) is 48.7 Å². The number of fused-ring (bicyclic) bond motifs is 5. The van der Waals surface area contributed by atoms with Crippen LogP contribution in [-0.2, 0) is 0 Å². The van der Waals surface area contributed by atoms with E-state index in [-0.39, 0.29) is 80.2 Å². The molecule has 1 unspecified atom stereocenters. The molecule has 4 N–H and O–H groups in total. The maximum atomic E-state index is 17.1. The number of benzene rings is 2. The minimum absolute atomic E-state index is 0.0125. The van der Waals surface area contributed by atoms with Crippen molar-refractivity contribution >= 4 is 43.1 Å². The summed E-state index contributed by atoms with van der Waals surface area (Å²) >= 11 is 0.842. The predicted molar refractivity (Wildman–Crippen MR) is 177 cm³/mol. The minimum Gasteiger partial charge on any atom is -0.493 e. The van der Waals surface area contributed by atoms with Crippen molar-refractivity contribution in [3.8, 4) is 29.0 Å². The third-order valence-corrected chi connectivity index (χ3v) is 11.5. The molecule has 2 aromatic heterocycles. The number of halogens is 3. The molecule has 10 nitrogen and oxygen atoms in total. The third-order valence-electron chi connectivity index (χ3n) is 10.5. The van der Waals surface area contributed by atoms with Gasteiger partial charge in [0.2, 0.25) is 0 Å². The summed E-state index contributed by atoms with van der Waals surface area (Å²) in [6.07, 6.45) is 4.21. The summed E-state index contributed by atoms with van der Waals surface area (Å²) in [7, 11) is 1.29. The SMILES string of the molecule is C=C1CN2[C@H](CO)CC[C@@]2(COc2nc(N3CC4CC[C@@H](C3)N4)c3c(OC)c(F)c(-c4ccc(F)c5sc(N)c(C#N)c45)c(F)c3n2)C1. The van der Waals surface area contributed by atoms with Gasteiger partial charge in [0, 0.05) is 43.1 Å². The molecule has 0 aliphatic carbocycles. The predicted octanol–water partition coefficient (Wildman–Crippen LogP) is 4.87. The van der Waals surface area contributed by atoms with Crippen molar-refractivity contribution in [3.05, 3.63) is 47.3 Å². The number of rotatable bonds is 7. The zero-order valence-corrected chi connectivity index (χ0v) is 27.1. The van der Waals surface area contributed by atoms with Crippen LogP contribution in [0.1, 0.15) is 37.7 Å². The highest BCUT2D eigenvalue weighted by Gasteiger charge is 2.51. The second-order valence-corrected chi connectivity index (χ2v) is 14.4. The van der Waals surface area contributed by atoms with Crippen molar-refractivity contribution < 1.29 is 27.8 Å². The Morgan fingerprint density at radius 3 is 2.65 bits per heavy atom. The van der Waals surface area contributed by atoms with Crippen LogP contribution in [0.15, 0.2) is 24.3 Å². The van der Waals surface area contributed by atoms with Crippen LogP contribution in [0.3, 0.4) is 0 Å². The Morgan fingerprint density at radius 2 is 1.94 bits per heavy atom. The van der Waals surface area contributed by atoms with Gasteiger partial charge in [-0.1, -0.05) is 18.2 Å². The molecule has 4 aromatic rings. The largest absolute Gasteiger partial charge is 0.493 e. The maximum absolute atomic E-state index is 17.1. The lowest BCUT2D eigenvalue weighted by atomic mass is 9.94. The summed E-state index contributed by atoms with van der Waals surface area (Å²) in [4.78, 5) is 13.6. The van der Waals surface area contributed by atoms with E-state index in [9.17, 15) is 14.8 Å². The number of aromatic nitrogens is 2. The van der Waals surface area contributed by atoms with E-state index in [4.69, 9.17) is 20.2 Å². The number of methoxy groups -OCH3 is 1. The molecule has 0 spiro atoms. The Hall–Kier alpha value is -4.16. The van der Waals surface area contributed by atoms with Crippen molar-refractivity contribution in [2.24, 2.45) is 0 Å². The highest BCUT2D eigenvalue weighted by Crippen LogP contribution is 2.48. The van der Waals surface area contributed by atoms with E-state index in [0.29, 0.717) is 31.9 Å². The van der Waals surface area contributed by atoms with Gasteiger partial charge in [-0.25, -0.2) is 13.2 Å². The second-order valence-electron chi connectivity index (χ2n) is 13.3. The maximum Gasteiger partial charge on any atom is 0.319 e. The topological polar surface area (TPSA) is 133 Å². The minimum atomic E-state index is -1.03. The molecule has 2 aromatic carbocycles. The number of anilines is 2. The average molecular weight is 678 g/mol. The first-order chi connectivity index (χ1) is 23.2. The standard InChI is InChI=1S/C34H34F3N7O3S/c1-16-9-34(8-7-19(14-45)44(34)11-16)15-47-33-41-28-25(32(42-33)43-12-17-3-4-18(13-43)40-17)29(46-2)27(37)24(26(28)36)20-5-6-22(35)30-23(20)21(10-38)31(39)48-30/h5-6,17-19,40,45H,1,3-4,7-9,11-15,39H2,2H3/t17-,18?,19-,34-/m0/s1. The molecular formula is C34H34F3N7O3S. The van der Waals surface area contributed by atoms with Gasteiger partial charge in [0.25, 0.3) is 0 Å². The fraction of sp³-hybridized carbons (Fsp3) is 0.441. The smallest absolute Gasteiger partial charge is 0.319 e. The Morgan fingerprint density at radius 1 is 1.17 bits per heavy atom. The van der Waals surface area contributed by atoms with Crippen LogP contribution in [0.25, 0.3) is 32.1 Å². The summed E-state index contributed by atoms with van der Waals surface area (Å²) in [6, 6.07) is 4.58. The molecule has 0 saturated carbocycles. The zero-order chi connectivity index (χ0) is 33.5. The highest BCUT2D eigenvalue weighted by atomic mass is 32.1. The number of nitrogen functional groups attached to an aromatic ring is 1. The first-order valence-electron chi connectivity index (χ1n) is 16.0. The van der Waals surface area contributed by atoms with E-state index in [1.54, 1.807) is 0 Å². The summed E-state index contributed by atoms with van der Waals surface area (Å²) in [5, 5.41) is 23.6. The number of hydrogen-bond acceptors (Lipinski definition) is 11. The van der Waals surface area contributed by atoms with Crippen molar-refractivity contribution in [2.45, 2.75) is 55.8 Å². The third kappa shape index (κ3) is 4.62. The number of nitriles is 1. The number of nitrogens with two attached hydrogens (primary N) is 1. The van der Waals surface area contributed by atoms with Gasteiger partial charge in [0.1, 0.15) is 34.8 Å². The Balaban J connectivity index is 1.32. The molecular weight excluding hydrogens is 643 g/mol. The van der Waals surface area contributed by atoms with Crippen LogP contribution in [0, 0.1) is 28.8 Å². The molecule has 4 saturated heterocycles. The Labute approximate surface area is 278 Å². The van der Waals surface area contributed by atoms with E-state index in [1.807, 2.05) is 11.0 Å². The molecule has 4 aliphatic rings. The van der Waals surface area contributed by atoms with Gasteiger partial charge in [-0.3, -0.25) is 4.90 Å². The number of aliphatic hydroxyl groups is 1. The molecule has 8 rings (SSSR count). The second kappa shape index (κ2) is 11.5. The van der Waals surface area contributed by atoms with E-state index in [1.165, 1.54) is 13.2 Å². The van der Waals surface area contributed by atoms with E-state index in [2.05, 4.69) is 21.8 Å². The van der Waals surface area contributed by atoms with Crippen LogP contribution in [0.4, 0.5) is 24.0 Å².